The van der Waals surface area contributed by atoms with Crippen molar-refractivity contribution in [2.75, 3.05) is 51.8 Å². The first kappa shape index (κ1) is 10.7. The molecule has 1 unspecified atom stereocenters. The summed E-state index contributed by atoms with van der Waals surface area (Å²) in [4.78, 5) is 5.03. The predicted octanol–water partition coefficient (Wildman–Crippen LogP) is 0.632. The number of hydrogen-bond donors (Lipinski definition) is 0. The van der Waals surface area contributed by atoms with Crippen LogP contribution in [0.4, 0.5) is 0 Å². The second-order valence-corrected chi connectivity index (χ2v) is 4.46. The Morgan fingerprint density at radius 3 is 2.71 bits per heavy atom. The van der Waals surface area contributed by atoms with Crippen molar-refractivity contribution in [3.05, 3.63) is 0 Å². The van der Waals surface area contributed by atoms with Crippen LogP contribution in [0.1, 0.15) is 6.42 Å². The number of likely N-dealkylation sites (tertiary alicyclic amines) is 1. The summed E-state index contributed by atoms with van der Waals surface area (Å²) in [6.45, 7) is 7.50. The Hall–Kier alpha value is 0.170. The fraction of sp³-hybridized carbons (Fsp3) is 1.00. The number of ether oxygens (including phenoxy) is 1. The van der Waals surface area contributed by atoms with E-state index in [1.165, 1.54) is 19.5 Å². The van der Waals surface area contributed by atoms with Crippen LogP contribution in [0, 0.1) is 0 Å². The summed E-state index contributed by atoms with van der Waals surface area (Å²) >= 11 is 5.74. The SMILES string of the molecule is ClCCN1CCC(N2CCOCC2)C1. The van der Waals surface area contributed by atoms with Crippen LogP contribution in [0.3, 0.4) is 0 Å². The normalized spacial score (nSPS) is 31.1. The molecule has 0 N–H and O–H groups in total. The summed E-state index contributed by atoms with van der Waals surface area (Å²) in [5.41, 5.74) is 0. The average Bonchev–Trinajstić information content (AvgIpc) is 2.68. The molecule has 0 aromatic rings. The third-order valence-electron chi connectivity index (χ3n) is 3.21. The Bertz CT molecular complexity index is 174. The van der Waals surface area contributed by atoms with E-state index in [9.17, 15) is 0 Å². The smallest absolute Gasteiger partial charge is 0.0594 e. The Morgan fingerprint density at radius 2 is 2.00 bits per heavy atom. The third-order valence-corrected chi connectivity index (χ3v) is 3.38. The Morgan fingerprint density at radius 1 is 1.21 bits per heavy atom. The maximum absolute atomic E-state index is 5.74. The molecule has 2 fully saturated rings. The minimum absolute atomic E-state index is 0.752. The molecule has 82 valence electrons. The van der Waals surface area contributed by atoms with Crippen molar-refractivity contribution in [2.24, 2.45) is 0 Å². The number of hydrogen-bond acceptors (Lipinski definition) is 3. The molecule has 0 aliphatic carbocycles. The van der Waals surface area contributed by atoms with Gasteiger partial charge in [0.25, 0.3) is 0 Å². The zero-order valence-corrected chi connectivity index (χ0v) is 9.38. The predicted molar refractivity (Wildman–Crippen MR) is 58.0 cm³/mol. The van der Waals surface area contributed by atoms with Crippen molar-refractivity contribution in [2.45, 2.75) is 12.5 Å². The van der Waals surface area contributed by atoms with Gasteiger partial charge in [0.05, 0.1) is 13.2 Å². The molecular weight excluding hydrogens is 200 g/mol. The lowest BCUT2D eigenvalue weighted by Crippen LogP contribution is -2.44. The highest BCUT2D eigenvalue weighted by Gasteiger charge is 2.27. The van der Waals surface area contributed by atoms with Crippen LogP contribution >= 0.6 is 11.6 Å². The summed E-state index contributed by atoms with van der Waals surface area (Å²) in [5, 5.41) is 0. The van der Waals surface area contributed by atoms with Crippen LogP contribution in [0.15, 0.2) is 0 Å². The van der Waals surface area contributed by atoms with Gasteiger partial charge in [-0.3, -0.25) is 4.90 Å². The average molecular weight is 219 g/mol. The first-order chi connectivity index (χ1) is 6.90. The molecule has 0 aromatic carbocycles. The highest BCUT2D eigenvalue weighted by Crippen LogP contribution is 2.16. The maximum Gasteiger partial charge on any atom is 0.0594 e. The van der Waals surface area contributed by atoms with Gasteiger partial charge in [-0.15, -0.1) is 11.6 Å². The number of alkyl halides is 1. The number of nitrogens with zero attached hydrogens (tertiary/aromatic N) is 2. The monoisotopic (exact) mass is 218 g/mol. The van der Waals surface area contributed by atoms with Crippen LogP contribution in [-0.2, 0) is 4.74 Å². The molecule has 2 heterocycles. The minimum Gasteiger partial charge on any atom is -0.379 e. The maximum atomic E-state index is 5.74. The van der Waals surface area contributed by atoms with Crippen molar-refractivity contribution in [1.82, 2.24) is 9.80 Å². The molecule has 2 aliphatic heterocycles. The molecular formula is C10H19ClN2O. The van der Waals surface area contributed by atoms with Crippen LogP contribution < -0.4 is 0 Å². The quantitative estimate of drug-likeness (QED) is 0.647. The summed E-state index contributed by atoms with van der Waals surface area (Å²) in [5.74, 6) is 0.760. The molecule has 4 heteroatoms. The standard InChI is InChI=1S/C10H19ClN2O/c11-2-4-12-3-1-10(9-12)13-5-7-14-8-6-13/h10H,1-9H2. The van der Waals surface area contributed by atoms with E-state index < -0.39 is 0 Å². The second-order valence-electron chi connectivity index (χ2n) is 4.08. The van der Waals surface area contributed by atoms with Gasteiger partial charge in [-0.1, -0.05) is 0 Å². The summed E-state index contributed by atoms with van der Waals surface area (Å²) in [6.07, 6.45) is 1.30. The molecule has 0 aromatic heterocycles. The number of morpholine rings is 1. The fourth-order valence-electron chi connectivity index (χ4n) is 2.38. The molecule has 14 heavy (non-hydrogen) atoms. The fourth-order valence-corrected chi connectivity index (χ4v) is 2.61. The Balaban J connectivity index is 1.76. The zero-order chi connectivity index (χ0) is 9.80. The van der Waals surface area contributed by atoms with E-state index in [2.05, 4.69) is 9.80 Å². The van der Waals surface area contributed by atoms with Crippen molar-refractivity contribution in [3.63, 3.8) is 0 Å². The van der Waals surface area contributed by atoms with Crippen LogP contribution in [0.25, 0.3) is 0 Å². The number of halogens is 1. The minimum atomic E-state index is 0.752. The first-order valence-electron chi connectivity index (χ1n) is 5.50. The zero-order valence-electron chi connectivity index (χ0n) is 8.62. The lowest BCUT2D eigenvalue weighted by molar-refractivity contribution is 0.0186. The molecule has 0 bridgehead atoms. The third kappa shape index (κ3) is 2.60. The van der Waals surface area contributed by atoms with E-state index in [1.807, 2.05) is 0 Å². The molecule has 0 saturated carbocycles. The van der Waals surface area contributed by atoms with E-state index in [0.29, 0.717) is 0 Å². The van der Waals surface area contributed by atoms with Crippen molar-refractivity contribution >= 4 is 11.6 Å². The molecule has 2 saturated heterocycles. The largest absolute Gasteiger partial charge is 0.379 e. The van der Waals surface area contributed by atoms with Gasteiger partial charge in [-0.05, 0) is 13.0 Å². The van der Waals surface area contributed by atoms with Crippen LogP contribution in [0.5, 0.6) is 0 Å². The van der Waals surface area contributed by atoms with Gasteiger partial charge in [0.2, 0.25) is 0 Å². The molecule has 3 nitrogen and oxygen atoms in total. The van der Waals surface area contributed by atoms with E-state index in [0.717, 1.165) is 44.8 Å². The van der Waals surface area contributed by atoms with Crippen molar-refractivity contribution < 1.29 is 4.74 Å². The van der Waals surface area contributed by atoms with Gasteiger partial charge in [0.1, 0.15) is 0 Å². The molecule has 2 aliphatic rings. The summed E-state index contributed by atoms with van der Waals surface area (Å²) < 4.78 is 5.36. The lowest BCUT2D eigenvalue weighted by atomic mass is 10.2. The topological polar surface area (TPSA) is 15.7 Å². The highest BCUT2D eigenvalue weighted by molar-refractivity contribution is 6.18. The molecule has 0 spiro atoms. The Labute approximate surface area is 90.9 Å². The van der Waals surface area contributed by atoms with Gasteiger partial charge >= 0.3 is 0 Å². The first-order valence-corrected chi connectivity index (χ1v) is 6.03. The van der Waals surface area contributed by atoms with Gasteiger partial charge in [0, 0.05) is 38.1 Å². The number of rotatable bonds is 3. The lowest BCUT2D eigenvalue weighted by Gasteiger charge is -2.32. The molecule has 0 radical (unpaired) electrons. The highest BCUT2D eigenvalue weighted by atomic mass is 35.5. The van der Waals surface area contributed by atoms with Gasteiger partial charge in [-0.2, -0.15) is 0 Å². The van der Waals surface area contributed by atoms with Crippen molar-refractivity contribution in [3.8, 4) is 0 Å². The van der Waals surface area contributed by atoms with Crippen LogP contribution in [0.2, 0.25) is 0 Å². The van der Waals surface area contributed by atoms with Gasteiger partial charge in [0.15, 0.2) is 0 Å². The van der Waals surface area contributed by atoms with Gasteiger partial charge in [-0.25, -0.2) is 0 Å². The second kappa shape index (κ2) is 5.31. The van der Waals surface area contributed by atoms with E-state index >= 15 is 0 Å². The summed E-state index contributed by atoms with van der Waals surface area (Å²) in [6, 6.07) is 0.752. The van der Waals surface area contributed by atoms with Gasteiger partial charge < -0.3 is 9.64 Å². The van der Waals surface area contributed by atoms with E-state index in [-0.39, 0.29) is 0 Å². The van der Waals surface area contributed by atoms with E-state index in [1.54, 1.807) is 0 Å². The molecule has 1 atom stereocenters. The van der Waals surface area contributed by atoms with Crippen molar-refractivity contribution in [1.29, 1.82) is 0 Å². The Kier molecular flexibility index (Phi) is 4.05. The van der Waals surface area contributed by atoms with E-state index in [4.69, 9.17) is 16.3 Å². The molecule has 2 rings (SSSR count). The molecule has 0 amide bonds. The summed E-state index contributed by atoms with van der Waals surface area (Å²) in [7, 11) is 0. The van der Waals surface area contributed by atoms with Crippen LogP contribution in [-0.4, -0.2) is 67.7 Å².